The lowest BCUT2D eigenvalue weighted by Crippen LogP contribution is -2.48. The highest BCUT2D eigenvalue weighted by Crippen LogP contribution is 2.16. The summed E-state index contributed by atoms with van der Waals surface area (Å²) in [6.45, 7) is 3.61. The zero-order valence-electron chi connectivity index (χ0n) is 13.0. The van der Waals surface area contributed by atoms with Crippen molar-refractivity contribution in [2.24, 2.45) is 0 Å². The van der Waals surface area contributed by atoms with Gasteiger partial charge in [-0.25, -0.2) is 13.1 Å². The molecule has 1 saturated heterocycles. The van der Waals surface area contributed by atoms with Crippen molar-refractivity contribution in [3.63, 3.8) is 0 Å². The van der Waals surface area contributed by atoms with Crippen LogP contribution >= 0.6 is 12.4 Å². The third kappa shape index (κ3) is 5.15. The summed E-state index contributed by atoms with van der Waals surface area (Å²) in [5, 5.41) is 5.97. The van der Waals surface area contributed by atoms with Gasteiger partial charge in [-0.2, -0.15) is 0 Å². The second kappa shape index (κ2) is 8.60. The van der Waals surface area contributed by atoms with E-state index < -0.39 is 16.1 Å². The molecule has 130 valence electrons. The van der Waals surface area contributed by atoms with E-state index in [4.69, 9.17) is 4.74 Å². The predicted octanol–water partition coefficient (Wildman–Crippen LogP) is 0.182. The van der Waals surface area contributed by atoms with E-state index >= 15 is 0 Å². The van der Waals surface area contributed by atoms with Gasteiger partial charge >= 0.3 is 0 Å². The quantitative estimate of drug-likeness (QED) is 0.693. The van der Waals surface area contributed by atoms with Gasteiger partial charge in [0, 0.05) is 13.1 Å². The monoisotopic (exact) mass is 363 g/mol. The molecule has 0 radical (unpaired) electrons. The topological polar surface area (TPSA) is 96.5 Å². The van der Waals surface area contributed by atoms with Gasteiger partial charge in [-0.3, -0.25) is 4.79 Å². The number of ether oxygens (including phenoxy) is 1. The van der Waals surface area contributed by atoms with E-state index in [9.17, 15) is 13.2 Å². The number of morpholine rings is 1. The first-order valence-electron chi connectivity index (χ1n) is 7.10. The zero-order valence-corrected chi connectivity index (χ0v) is 14.7. The summed E-state index contributed by atoms with van der Waals surface area (Å²) < 4.78 is 31.0. The van der Waals surface area contributed by atoms with Gasteiger partial charge in [-0.1, -0.05) is 12.1 Å². The third-order valence-electron chi connectivity index (χ3n) is 3.54. The molecule has 1 aliphatic rings. The number of hydrogen-bond acceptors (Lipinski definition) is 5. The van der Waals surface area contributed by atoms with Crippen molar-refractivity contribution in [2.75, 3.05) is 26.7 Å². The molecule has 1 fully saturated rings. The van der Waals surface area contributed by atoms with Crippen LogP contribution in [0.5, 0.6) is 0 Å². The summed E-state index contributed by atoms with van der Waals surface area (Å²) in [6.07, 6.45) is -0.486. The van der Waals surface area contributed by atoms with E-state index in [-0.39, 0.29) is 29.3 Å². The number of benzene rings is 1. The molecule has 7 nitrogen and oxygen atoms in total. The smallest absolute Gasteiger partial charge is 0.250 e. The highest BCUT2D eigenvalue weighted by atomic mass is 35.5. The summed E-state index contributed by atoms with van der Waals surface area (Å²) >= 11 is 0. The fourth-order valence-corrected chi connectivity index (χ4v) is 2.91. The van der Waals surface area contributed by atoms with Gasteiger partial charge in [0.25, 0.3) is 5.91 Å². The van der Waals surface area contributed by atoms with Crippen molar-refractivity contribution in [1.29, 1.82) is 0 Å². The summed E-state index contributed by atoms with van der Waals surface area (Å²) in [6, 6.07) is 6.18. The van der Waals surface area contributed by atoms with Crippen LogP contribution in [0.2, 0.25) is 0 Å². The Morgan fingerprint density at radius 2 is 2.00 bits per heavy atom. The van der Waals surface area contributed by atoms with E-state index in [2.05, 4.69) is 15.4 Å². The highest BCUT2D eigenvalue weighted by Gasteiger charge is 2.23. The summed E-state index contributed by atoms with van der Waals surface area (Å²) in [7, 11) is -2.08. The van der Waals surface area contributed by atoms with Gasteiger partial charge in [0.15, 0.2) is 0 Å². The Kier molecular flexibility index (Phi) is 7.43. The van der Waals surface area contributed by atoms with Crippen molar-refractivity contribution < 1.29 is 17.9 Å². The number of halogens is 1. The molecule has 1 aromatic carbocycles. The molecule has 9 heteroatoms. The molecule has 1 aliphatic heterocycles. The number of carbonyl (C=O) groups is 1. The van der Waals surface area contributed by atoms with Crippen LogP contribution in [0, 0.1) is 0 Å². The number of rotatable bonds is 5. The molecular weight excluding hydrogens is 342 g/mol. The highest BCUT2D eigenvalue weighted by molar-refractivity contribution is 7.89. The number of amides is 1. The first-order chi connectivity index (χ1) is 10.4. The lowest BCUT2D eigenvalue weighted by molar-refractivity contribution is -0.134. The van der Waals surface area contributed by atoms with Crippen LogP contribution in [0.4, 0.5) is 0 Å². The Bertz CT molecular complexity index is 615. The first kappa shape index (κ1) is 19.9. The second-order valence-corrected chi connectivity index (χ2v) is 6.96. The van der Waals surface area contributed by atoms with Crippen molar-refractivity contribution in [3.05, 3.63) is 29.8 Å². The summed E-state index contributed by atoms with van der Waals surface area (Å²) in [4.78, 5) is 12.3. The molecule has 23 heavy (non-hydrogen) atoms. The van der Waals surface area contributed by atoms with Crippen molar-refractivity contribution >= 4 is 28.3 Å². The van der Waals surface area contributed by atoms with Crippen LogP contribution < -0.4 is 15.4 Å². The Labute approximate surface area is 142 Å². The molecule has 0 aromatic heterocycles. The number of sulfonamides is 1. The minimum atomic E-state index is -3.45. The van der Waals surface area contributed by atoms with Crippen molar-refractivity contribution in [1.82, 2.24) is 15.4 Å². The normalized spacial score (nSPS) is 19.5. The van der Waals surface area contributed by atoms with Gasteiger partial charge in [0.05, 0.1) is 17.5 Å². The zero-order chi connectivity index (χ0) is 16.2. The van der Waals surface area contributed by atoms with Crippen LogP contribution in [0.1, 0.15) is 18.5 Å². The van der Waals surface area contributed by atoms with Crippen molar-refractivity contribution in [3.8, 4) is 0 Å². The molecule has 2 rings (SSSR count). The standard InChI is InChI=1S/C14H21N3O4S.ClH/c1-10(17-14(18)13-9-16-7-8-21-13)11-3-5-12(6-4-11)22(19,20)15-2;/h3-6,10,13,15-16H,7-9H2,1-2H3,(H,17,18);1H. The number of carbonyl (C=O) groups excluding carboxylic acids is 1. The summed E-state index contributed by atoms with van der Waals surface area (Å²) in [5.41, 5.74) is 0.826. The van der Waals surface area contributed by atoms with Gasteiger partial charge in [0.1, 0.15) is 6.10 Å². The maximum absolute atomic E-state index is 12.1. The molecule has 0 spiro atoms. The maximum Gasteiger partial charge on any atom is 0.250 e. The average Bonchev–Trinajstić information content (AvgIpc) is 2.55. The Morgan fingerprint density at radius 1 is 1.35 bits per heavy atom. The minimum absolute atomic E-state index is 0. The largest absolute Gasteiger partial charge is 0.366 e. The van der Waals surface area contributed by atoms with Crippen LogP contribution in [0.25, 0.3) is 0 Å². The molecule has 1 heterocycles. The van der Waals surface area contributed by atoms with Gasteiger partial charge in [-0.05, 0) is 31.7 Å². The molecule has 3 N–H and O–H groups in total. The van der Waals surface area contributed by atoms with E-state index in [0.717, 1.165) is 12.1 Å². The fourth-order valence-electron chi connectivity index (χ4n) is 2.18. The molecule has 0 saturated carbocycles. The third-order valence-corrected chi connectivity index (χ3v) is 4.97. The molecule has 1 aromatic rings. The Morgan fingerprint density at radius 3 is 2.52 bits per heavy atom. The maximum atomic E-state index is 12.1. The lowest BCUT2D eigenvalue weighted by atomic mass is 10.1. The Hall–Kier alpha value is -1.19. The average molecular weight is 364 g/mol. The van der Waals surface area contributed by atoms with Gasteiger partial charge < -0.3 is 15.4 Å². The van der Waals surface area contributed by atoms with Crippen LogP contribution in [0.3, 0.4) is 0 Å². The van der Waals surface area contributed by atoms with Crippen LogP contribution in [-0.2, 0) is 19.6 Å². The number of nitrogens with one attached hydrogen (secondary N) is 3. The molecular formula is C14H22ClN3O4S. The number of hydrogen-bond donors (Lipinski definition) is 3. The van der Waals surface area contributed by atoms with Crippen LogP contribution in [-0.4, -0.2) is 47.2 Å². The fraction of sp³-hybridized carbons (Fsp3) is 0.500. The predicted molar refractivity (Wildman–Crippen MR) is 89.1 cm³/mol. The van der Waals surface area contributed by atoms with E-state index in [1.165, 1.54) is 19.2 Å². The molecule has 0 bridgehead atoms. The van der Waals surface area contributed by atoms with Crippen molar-refractivity contribution in [2.45, 2.75) is 24.0 Å². The van der Waals surface area contributed by atoms with E-state index in [0.29, 0.717) is 13.2 Å². The first-order valence-corrected chi connectivity index (χ1v) is 8.58. The SMILES string of the molecule is CNS(=O)(=O)c1ccc(C(C)NC(=O)C2CNCCO2)cc1.Cl. The minimum Gasteiger partial charge on any atom is -0.366 e. The van der Waals surface area contributed by atoms with Gasteiger partial charge in [-0.15, -0.1) is 12.4 Å². The van der Waals surface area contributed by atoms with Crippen LogP contribution in [0.15, 0.2) is 29.2 Å². The van der Waals surface area contributed by atoms with E-state index in [1.54, 1.807) is 12.1 Å². The summed E-state index contributed by atoms with van der Waals surface area (Å²) in [5.74, 6) is -0.174. The molecule has 2 unspecified atom stereocenters. The molecule has 1 amide bonds. The lowest BCUT2D eigenvalue weighted by Gasteiger charge is -2.24. The Balaban J connectivity index is 0.00000264. The van der Waals surface area contributed by atoms with E-state index in [1.807, 2.05) is 6.92 Å². The molecule has 2 atom stereocenters. The van der Waals surface area contributed by atoms with Gasteiger partial charge in [0.2, 0.25) is 10.0 Å². The molecule has 0 aliphatic carbocycles. The second-order valence-electron chi connectivity index (χ2n) is 5.07.